The van der Waals surface area contributed by atoms with Crippen molar-refractivity contribution in [1.82, 2.24) is 0 Å². The molecule has 0 bridgehead atoms. The van der Waals surface area contributed by atoms with Gasteiger partial charge in [0.1, 0.15) is 0 Å². The Bertz CT molecular complexity index is 175. The summed E-state index contributed by atoms with van der Waals surface area (Å²) in [5, 5.41) is 0. The van der Waals surface area contributed by atoms with E-state index in [2.05, 4.69) is 0 Å². The summed E-state index contributed by atoms with van der Waals surface area (Å²) in [6, 6.07) is 0. The Morgan fingerprint density at radius 2 is 0.706 bits per heavy atom. The van der Waals surface area contributed by atoms with E-state index in [9.17, 15) is 0 Å². The monoisotopic (exact) mass is 270 g/mol. The normalized spacial score (nSPS) is 13.2. The van der Waals surface area contributed by atoms with Crippen molar-refractivity contribution < 1.29 is 11.4 Å². The minimum atomic E-state index is -2.11. The third-order valence-electron chi connectivity index (χ3n) is 1.35. The SMILES string of the molecule is CC(C)(C)[O][Al]([O]C(C)(C)C)[O]C(C)(C)C.[NaH]. The van der Waals surface area contributed by atoms with Gasteiger partial charge in [0.2, 0.25) is 0 Å². The predicted molar refractivity (Wildman–Crippen MR) is 75.4 cm³/mol. The van der Waals surface area contributed by atoms with Crippen LogP contribution in [-0.4, -0.2) is 61.5 Å². The summed E-state index contributed by atoms with van der Waals surface area (Å²) in [6.45, 7) is 18.2. The molecule has 0 aliphatic heterocycles. The van der Waals surface area contributed by atoms with Crippen LogP contribution < -0.4 is 0 Å². The molecule has 0 atom stereocenters. The van der Waals surface area contributed by atoms with Gasteiger partial charge in [0.25, 0.3) is 0 Å². The molecule has 0 saturated carbocycles. The molecule has 0 aromatic carbocycles. The van der Waals surface area contributed by atoms with Crippen molar-refractivity contribution in [3.05, 3.63) is 0 Å². The van der Waals surface area contributed by atoms with E-state index in [4.69, 9.17) is 11.4 Å². The zero-order valence-electron chi connectivity index (χ0n) is 12.3. The maximum atomic E-state index is 5.88. The van der Waals surface area contributed by atoms with Gasteiger partial charge < -0.3 is 11.4 Å². The summed E-state index contributed by atoms with van der Waals surface area (Å²) in [4.78, 5) is 0. The van der Waals surface area contributed by atoms with Gasteiger partial charge >= 0.3 is 44.7 Å². The topological polar surface area (TPSA) is 27.7 Å². The van der Waals surface area contributed by atoms with Crippen molar-refractivity contribution >= 4 is 44.7 Å². The van der Waals surface area contributed by atoms with E-state index in [-0.39, 0.29) is 46.4 Å². The maximum absolute atomic E-state index is 5.88. The molecule has 0 fully saturated rings. The van der Waals surface area contributed by atoms with Crippen molar-refractivity contribution in [1.29, 1.82) is 0 Å². The van der Waals surface area contributed by atoms with Gasteiger partial charge in [-0.15, -0.1) is 0 Å². The molecular weight excluding hydrogens is 242 g/mol. The summed E-state index contributed by atoms with van der Waals surface area (Å²) in [5.74, 6) is 0. The van der Waals surface area contributed by atoms with Crippen LogP contribution in [0.1, 0.15) is 62.3 Å². The van der Waals surface area contributed by atoms with Gasteiger partial charge in [0.15, 0.2) is 0 Å². The third-order valence-corrected chi connectivity index (χ3v) is 4.05. The van der Waals surface area contributed by atoms with Crippen molar-refractivity contribution in [3.63, 3.8) is 0 Å². The Hall–Kier alpha value is 1.41. The van der Waals surface area contributed by atoms with E-state index in [1.165, 1.54) is 0 Å². The summed E-state index contributed by atoms with van der Waals surface area (Å²) >= 11 is -2.11. The van der Waals surface area contributed by atoms with Gasteiger partial charge in [-0.2, -0.15) is 0 Å². The number of rotatable bonds is 3. The fraction of sp³-hybridized carbons (Fsp3) is 1.00. The van der Waals surface area contributed by atoms with E-state index in [0.29, 0.717) is 0 Å². The van der Waals surface area contributed by atoms with Crippen LogP contribution in [0.5, 0.6) is 0 Å². The van der Waals surface area contributed by atoms with Crippen molar-refractivity contribution in [2.45, 2.75) is 79.1 Å². The van der Waals surface area contributed by atoms with Gasteiger partial charge in [-0.05, 0) is 62.3 Å². The minimum absolute atomic E-state index is 0. The predicted octanol–water partition coefficient (Wildman–Crippen LogP) is 2.77. The fourth-order valence-electron chi connectivity index (χ4n) is 0.938. The Balaban J connectivity index is 0. The molecule has 0 N–H and O–H groups in total. The van der Waals surface area contributed by atoms with Crippen LogP contribution in [-0.2, 0) is 11.4 Å². The molecule has 98 valence electrons. The molecule has 0 saturated heterocycles. The molecule has 0 aliphatic rings. The molecule has 0 aromatic heterocycles. The van der Waals surface area contributed by atoms with E-state index in [1.807, 2.05) is 62.3 Å². The van der Waals surface area contributed by atoms with Gasteiger partial charge in [0, 0.05) is 16.8 Å². The molecule has 0 rings (SSSR count). The van der Waals surface area contributed by atoms with Gasteiger partial charge in [-0.3, -0.25) is 0 Å². The van der Waals surface area contributed by atoms with E-state index in [0.717, 1.165) is 0 Å². The van der Waals surface area contributed by atoms with E-state index < -0.39 is 15.1 Å². The second-order valence-electron chi connectivity index (χ2n) is 6.98. The summed E-state index contributed by atoms with van der Waals surface area (Å²) in [7, 11) is 0. The van der Waals surface area contributed by atoms with Gasteiger partial charge in [-0.25, -0.2) is 0 Å². The van der Waals surface area contributed by atoms with Gasteiger partial charge in [-0.1, -0.05) is 0 Å². The first-order valence-corrected chi connectivity index (χ1v) is 7.23. The van der Waals surface area contributed by atoms with Crippen LogP contribution in [0, 0.1) is 0 Å². The fourth-order valence-corrected chi connectivity index (χ4v) is 2.81. The number of hydrogen-bond donors (Lipinski definition) is 0. The zero-order chi connectivity index (χ0) is 13.2. The van der Waals surface area contributed by atoms with Crippen LogP contribution in [0.15, 0.2) is 0 Å². The van der Waals surface area contributed by atoms with Crippen LogP contribution in [0.25, 0.3) is 0 Å². The third kappa shape index (κ3) is 15.4. The van der Waals surface area contributed by atoms with Gasteiger partial charge in [0.05, 0.1) is 0 Å². The Morgan fingerprint density at radius 1 is 0.529 bits per heavy atom. The van der Waals surface area contributed by atoms with Crippen LogP contribution in [0.2, 0.25) is 0 Å². The molecule has 17 heavy (non-hydrogen) atoms. The molecule has 0 radical (unpaired) electrons. The average molecular weight is 270 g/mol. The van der Waals surface area contributed by atoms with Crippen LogP contribution in [0.4, 0.5) is 0 Å². The Kier molecular flexibility index (Phi) is 8.85. The quantitative estimate of drug-likeness (QED) is 0.738. The molecule has 0 aliphatic carbocycles. The average Bonchev–Trinajstić information content (AvgIpc) is 1.70. The molecule has 0 unspecified atom stereocenters. The van der Waals surface area contributed by atoms with Crippen molar-refractivity contribution in [2.24, 2.45) is 0 Å². The van der Waals surface area contributed by atoms with Crippen molar-refractivity contribution in [2.75, 3.05) is 0 Å². The van der Waals surface area contributed by atoms with E-state index in [1.54, 1.807) is 0 Å². The molecular formula is C12H28AlNaO3. The Labute approximate surface area is 134 Å². The standard InChI is InChI=1S/3C4H9O.Al.Na.H/c3*1-4(2,3)5;;;/h3*1-3H3;;;/q3*-1;+3;;. The zero-order valence-corrected chi connectivity index (χ0v) is 13.5. The summed E-state index contributed by atoms with van der Waals surface area (Å²) in [5.41, 5.74) is -0.686. The Morgan fingerprint density at radius 3 is 0.824 bits per heavy atom. The molecule has 0 amide bonds. The van der Waals surface area contributed by atoms with Crippen LogP contribution >= 0.6 is 0 Å². The molecule has 5 heteroatoms. The number of hydrogen-bond acceptors (Lipinski definition) is 3. The van der Waals surface area contributed by atoms with Crippen molar-refractivity contribution in [3.8, 4) is 0 Å². The summed E-state index contributed by atoms with van der Waals surface area (Å²) in [6.07, 6.45) is 0. The van der Waals surface area contributed by atoms with E-state index >= 15 is 0 Å². The van der Waals surface area contributed by atoms with Crippen LogP contribution in [0.3, 0.4) is 0 Å². The first kappa shape index (κ1) is 20.7. The second kappa shape index (κ2) is 7.26. The molecule has 0 spiro atoms. The first-order valence-electron chi connectivity index (χ1n) is 5.82. The molecule has 0 aromatic rings. The molecule has 3 nitrogen and oxygen atoms in total. The molecule has 0 heterocycles. The first-order chi connectivity index (χ1) is 6.79. The second-order valence-corrected chi connectivity index (χ2v) is 8.26. The summed E-state index contributed by atoms with van der Waals surface area (Å²) < 4.78 is 17.7.